The van der Waals surface area contributed by atoms with Crippen molar-refractivity contribution >= 4 is 5.91 Å². The lowest BCUT2D eigenvalue weighted by atomic mass is 10.1. The number of amides is 1. The van der Waals surface area contributed by atoms with E-state index in [0.29, 0.717) is 23.7 Å². The molecule has 0 radical (unpaired) electrons. The lowest BCUT2D eigenvalue weighted by Gasteiger charge is -2.23. The maximum atomic E-state index is 12.5. The Morgan fingerprint density at radius 2 is 2.04 bits per heavy atom. The minimum Gasteiger partial charge on any atom is -0.439 e. The van der Waals surface area contributed by atoms with Crippen molar-refractivity contribution in [2.45, 2.75) is 25.4 Å². The van der Waals surface area contributed by atoms with E-state index >= 15 is 0 Å². The molecule has 1 aromatic heterocycles. The van der Waals surface area contributed by atoms with Crippen LogP contribution in [-0.2, 0) is 0 Å². The van der Waals surface area contributed by atoms with Gasteiger partial charge in [-0.05, 0) is 31.0 Å². The van der Waals surface area contributed by atoms with Crippen molar-refractivity contribution in [2.24, 2.45) is 5.92 Å². The first-order valence-corrected chi connectivity index (χ1v) is 8.26. The van der Waals surface area contributed by atoms with Crippen LogP contribution in [-0.4, -0.2) is 40.6 Å². The predicted octanol–water partition coefficient (Wildman–Crippen LogP) is 3.11. The van der Waals surface area contributed by atoms with Crippen molar-refractivity contribution < 1.29 is 14.6 Å². The molecule has 5 heteroatoms. The maximum Gasteiger partial charge on any atom is 0.255 e. The summed E-state index contributed by atoms with van der Waals surface area (Å²) in [6.07, 6.45) is 4.07. The van der Waals surface area contributed by atoms with Gasteiger partial charge in [0.2, 0.25) is 5.88 Å². The molecule has 24 heavy (non-hydrogen) atoms. The first kappa shape index (κ1) is 16.5. The third-order valence-corrected chi connectivity index (χ3v) is 4.42. The summed E-state index contributed by atoms with van der Waals surface area (Å²) in [6.45, 7) is 0.572. The Kier molecular flexibility index (Phi) is 5.11. The smallest absolute Gasteiger partial charge is 0.255 e. The van der Waals surface area contributed by atoms with Crippen molar-refractivity contribution in [3.05, 3.63) is 54.2 Å². The van der Waals surface area contributed by atoms with Crippen LogP contribution in [0.25, 0.3) is 0 Å². The van der Waals surface area contributed by atoms with Gasteiger partial charge in [0, 0.05) is 31.8 Å². The number of aromatic nitrogens is 1. The molecule has 0 spiro atoms. The molecule has 0 aliphatic heterocycles. The van der Waals surface area contributed by atoms with Crippen LogP contribution in [0.15, 0.2) is 48.7 Å². The minimum atomic E-state index is -0.292. The fraction of sp³-hybridized carbons (Fsp3) is 0.368. The number of nitrogens with zero attached hydrogens (tertiary/aromatic N) is 2. The Labute approximate surface area is 141 Å². The number of hydrogen-bond donors (Lipinski definition) is 1. The number of carbonyl (C=O) groups excluding carboxylic acids is 1. The SMILES string of the molecule is CN(CC1CCCC1O)C(=O)c1ccc(Oc2ccccc2)nc1. The molecule has 126 valence electrons. The molecule has 2 atom stereocenters. The van der Waals surface area contributed by atoms with E-state index in [1.165, 1.54) is 6.20 Å². The number of rotatable bonds is 5. The highest BCUT2D eigenvalue weighted by atomic mass is 16.5. The molecule has 1 heterocycles. The molecule has 0 saturated heterocycles. The Morgan fingerprint density at radius 3 is 2.67 bits per heavy atom. The van der Waals surface area contributed by atoms with Gasteiger partial charge in [-0.2, -0.15) is 0 Å². The molecule has 1 aliphatic rings. The lowest BCUT2D eigenvalue weighted by Crippen LogP contribution is -2.34. The average Bonchev–Trinajstić information content (AvgIpc) is 3.00. The van der Waals surface area contributed by atoms with Gasteiger partial charge in [-0.15, -0.1) is 0 Å². The molecule has 3 rings (SSSR count). The zero-order valence-corrected chi connectivity index (χ0v) is 13.8. The quantitative estimate of drug-likeness (QED) is 0.917. The van der Waals surface area contributed by atoms with Crippen molar-refractivity contribution in [3.8, 4) is 11.6 Å². The van der Waals surface area contributed by atoms with Gasteiger partial charge in [-0.1, -0.05) is 24.6 Å². The summed E-state index contributed by atoms with van der Waals surface area (Å²) < 4.78 is 5.63. The van der Waals surface area contributed by atoms with Gasteiger partial charge < -0.3 is 14.7 Å². The van der Waals surface area contributed by atoms with Gasteiger partial charge >= 0.3 is 0 Å². The van der Waals surface area contributed by atoms with Crippen molar-refractivity contribution in [3.63, 3.8) is 0 Å². The number of aliphatic hydroxyl groups excluding tert-OH is 1. The summed E-state index contributed by atoms with van der Waals surface area (Å²) in [4.78, 5) is 18.3. The number of carbonyl (C=O) groups is 1. The highest BCUT2D eigenvalue weighted by Gasteiger charge is 2.27. The van der Waals surface area contributed by atoms with Crippen LogP contribution >= 0.6 is 0 Å². The molecule has 1 saturated carbocycles. The normalized spacial score (nSPS) is 19.9. The molecule has 2 unspecified atom stereocenters. The number of hydrogen-bond acceptors (Lipinski definition) is 4. The Morgan fingerprint density at radius 1 is 1.25 bits per heavy atom. The third kappa shape index (κ3) is 3.92. The fourth-order valence-corrected chi connectivity index (χ4v) is 3.06. The summed E-state index contributed by atoms with van der Waals surface area (Å²) in [6, 6.07) is 12.8. The van der Waals surface area contributed by atoms with Crippen LogP contribution in [0.5, 0.6) is 11.6 Å². The van der Waals surface area contributed by atoms with E-state index in [4.69, 9.17) is 4.74 Å². The second kappa shape index (κ2) is 7.45. The van der Waals surface area contributed by atoms with E-state index in [1.807, 2.05) is 30.3 Å². The molecule has 1 N–H and O–H groups in total. The van der Waals surface area contributed by atoms with Crippen LogP contribution in [0.1, 0.15) is 29.6 Å². The monoisotopic (exact) mass is 326 g/mol. The Bertz CT molecular complexity index is 673. The number of pyridine rings is 1. The topological polar surface area (TPSA) is 62.7 Å². The number of benzene rings is 1. The van der Waals surface area contributed by atoms with E-state index in [9.17, 15) is 9.90 Å². The molecule has 1 fully saturated rings. The van der Waals surface area contributed by atoms with E-state index < -0.39 is 0 Å². The molecule has 1 aliphatic carbocycles. The van der Waals surface area contributed by atoms with Crippen molar-refractivity contribution in [1.82, 2.24) is 9.88 Å². The van der Waals surface area contributed by atoms with Crippen LogP contribution in [0, 0.1) is 5.92 Å². The van der Waals surface area contributed by atoms with E-state index in [-0.39, 0.29) is 17.9 Å². The first-order valence-electron chi connectivity index (χ1n) is 8.26. The zero-order chi connectivity index (χ0) is 16.9. The largest absolute Gasteiger partial charge is 0.439 e. The Balaban J connectivity index is 1.61. The zero-order valence-electron chi connectivity index (χ0n) is 13.8. The number of ether oxygens (including phenoxy) is 1. The number of aliphatic hydroxyl groups is 1. The molecule has 1 amide bonds. The van der Waals surface area contributed by atoms with Crippen molar-refractivity contribution in [1.29, 1.82) is 0 Å². The highest BCUT2D eigenvalue weighted by Crippen LogP contribution is 2.26. The van der Waals surface area contributed by atoms with Crippen LogP contribution < -0.4 is 4.74 Å². The first-order chi connectivity index (χ1) is 11.6. The minimum absolute atomic E-state index is 0.0899. The molecular formula is C19H22N2O3. The van der Waals surface area contributed by atoms with Gasteiger partial charge in [0.05, 0.1) is 11.7 Å². The summed E-state index contributed by atoms with van der Waals surface area (Å²) in [5, 5.41) is 9.90. The van der Waals surface area contributed by atoms with Gasteiger partial charge in [0.15, 0.2) is 0 Å². The van der Waals surface area contributed by atoms with Crippen LogP contribution in [0.2, 0.25) is 0 Å². The fourth-order valence-electron chi connectivity index (χ4n) is 3.06. The van der Waals surface area contributed by atoms with Crippen molar-refractivity contribution in [2.75, 3.05) is 13.6 Å². The van der Waals surface area contributed by atoms with Gasteiger partial charge in [0.25, 0.3) is 5.91 Å². The van der Waals surface area contributed by atoms with E-state index in [0.717, 1.165) is 19.3 Å². The molecular weight excluding hydrogens is 304 g/mol. The highest BCUT2D eigenvalue weighted by molar-refractivity contribution is 5.93. The molecule has 1 aromatic carbocycles. The van der Waals surface area contributed by atoms with Gasteiger partial charge in [0.1, 0.15) is 5.75 Å². The van der Waals surface area contributed by atoms with E-state index in [1.54, 1.807) is 24.1 Å². The van der Waals surface area contributed by atoms with E-state index in [2.05, 4.69) is 4.98 Å². The van der Waals surface area contributed by atoms with Gasteiger partial charge in [-0.25, -0.2) is 4.98 Å². The second-order valence-corrected chi connectivity index (χ2v) is 6.24. The summed E-state index contributed by atoms with van der Waals surface area (Å²) in [5.74, 6) is 1.24. The van der Waals surface area contributed by atoms with Gasteiger partial charge in [-0.3, -0.25) is 4.79 Å². The summed E-state index contributed by atoms with van der Waals surface area (Å²) >= 11 is 0. The predicted molar refractivity (Wildman–Crippen MR) is 91.1 cm³/mol. The Hall–Kier alpha value is -2.40. The second-order valence-electron chi connectivity index (χ2n) is 6.24. The van der Waals surface area contributed by atoms with Crippen LogP contribution in [0.4, 0.5) is 0 Å². The molecule has 5 nitrogen and oxygen atoms in total. The average molecular weight is 326 g/mol. The summed E-state index contributed by atoms with van der Waals surface area (Å²) in [7, 11) is 1.77. The lowest BCUT2D eigenvalue weighted by molar-refractivity contribution is 0.0693. The summed E-state index contributed by atoms with van der Waals surface area (Å²) in [5.41, 5.74) is 0.519. The third-order valence-electron chi connectivity index (χ3n) is 4.42. The van der Waals surface area contributed by atoms with Crippen LogP contribution in [0.3, 0.4) is 0 Å². The molecule has 2 aromatic rings. The standard InChI is InChI=1S/C19H22N2O3/c1-21(13-15-6-5-9-17(15)22)19(23)14-10-11-18(20-12-14)24-16-7-3-2-4-8-16/h2-4,7-8,10-12,15,17,22H,5-6,9,13H2,1H3. The molecule has 0 bridgehead atoms. The number of para-hydroxylation sites is 1. The maximum absolute atomic E-state index is 12.5.